The summed E-state index contributed by atoms with van der Waals surface area (Å²) in [4.78, 5) is 10.8. The molecule has 0 atom stereocenters. The van der Waals surface area contributed by atoms with E-state index in [0.29, 0.717) is 16.7 Å². The van der Waals surface area contributed by atoms with E-state index in [9.17, 15) is 17.8 Å². The molecule has 1 aromatic carbocycles. The van der Waals surface area contributed by atoms with Crippen LogP contribution in [0.2, 0.25) is 0 Å². The van der Waals surface area contributed by atoms with Crippen LogP contribution in [0, 0.1) is 20.8 Å². The van der Waals surface area contributed by atoms with Crippen molar-refractivity contribution in [3.63, 3.8) is 0 Å². The first kappa shape index (κ1) is 19.6. The lowest BCUT2D eigenvalue weighted by molar-refractivity contribution is -0.639. The number of nitrogen functional groups attached to an aromatic ring is 1. The standard InChI is InChI=1S/C9H12O3S.C7H9N2O2/c1-6-4-7(2)9(8(3)5-6)13(10,11)12;1-11-7(10)6-3-2-4-9(8)5-6/h4-5H,1-3H3,(H,10,11,12);2-5H,8H2,1H3/q;+1/p-1. The second-order valence-corrected chi connectivity index (χ2v) is 6.53. The van der Waals surface area contributed by atoms with E-state index < -0.39 is 10.1 Å². The molecule has 0 aliphatic rings. The average Bonchev–Trinajstić information content (AvgIpc) is 2.44. The summed E-state index contributed by atoms with van der Waals surface area (Å²) in [6.07, 6.45) is 3.12. The van der Waals surface area contributed by atoms with Gasteiger partial charge in [-0.05, 0) is 38.0 Å². The monoisotopic (exact) mass is 352 g/mol. The second kappa shape index (κ2) is 7.89. The summed E-state index contributed by atoms with van der Waals surface area (Å²) in [6.45, 7) is 5.12. The molecule has 1 heterocycles. The van der Waals surface area contributed by atoms with Gasteiger partial charge in [0.15, 0.2) is 6.20 Å². The Morgan fingerprint density at radius 3 is 2.17 bits per heavy atom. The maximum atomic E-state index is 10.9. The van der Waals surface area contributed by atoms with Crippen LogP contribution in [-0.4, -0.2) is 26.0 Å². The fourth-order valence-electron chi connectivity index (χ4n) is 2.29. The Kier molecular flexibility index (Phi) is 6.44. The number of aromatic nitrogens is 1. The van der Waals surface area contributed by atoms with Gasteiger partial charge in [-0.15, -0.1) is 0 Å². The summed E-state index contributed by atoms with van der Waals surface area (Å²) in [7, 11) is -3.00. The molecule has 130 valence electrons. The van der Waals surface area contributed by atoms with Crippen LogP contribution in [0.3, 0.4) is 0 Å². The van der Waals surface area contributed by atoms with Crippen LogP contribution >= 0.6 is 0 Å². The molecule has 0 bridgehead atoms. The van der Waals surface area contributed by atoms with Crippen LogP contribution in [-0.2, 0) is 14.9 Å². The minimum absolute atomic E-state index is 0.0851. The molecule has 0 radical (unpaired) electrons. The van der Waals surface area contributed by atoms with Gasteiger partial charge in [-0.3, -0.25) is 0 Å². The molecular formula is C16H20N2O5S. The molecule has 0 saturated carbocycles. The van der Waals surface area contributed by atoms with Crippen LogP contribution in [0.15, 0.2) is 41.6 Å². The number of carbonyl (C=O) groups is 1. The van der Waals surface area contributed by atoms with Crippen LogP contribution in [0.4, 0.5) is 0 Å². The van der Waals surface area contributed by atoms with Gasteiger partial charge in [0.2, 0.25) is 6.20 Å². The Morgan fingerprint density at radius 1 is 1.21 bits per heavy atom. The van der Waals surface area contributed by atoms with Crippen molar-refractivity contribution in [1.29, 1.82) is 0 Å². The van der Waals surface area contributed by atoms with E-state index in [4.69, 9.17) is 5.84 Å². The van der Waals surface area contributed by atoms with Crippen molar-refractivity contribution >= 4 is 16.1 Å². The molecule has 0 amide bonds. The first-order chi connectivity index (χ1) is 11.1. The van der Waals surface area contributed by atoms with Gasteiger partial charge in [-0.25, -0.2) is 19.1 Å². The van der Waals surface area contributed by atoms with E-state index in [1.807, 2.05) is 6.92 Å². The lowest BCUT2D eigenvalue weighted by Crippen LogP contribution is -2.44. The molecule has 2 rings (SSSR count). The summed E-state index contributed by atoms with van der Waals surface area (Å²) in [5, 5.41) is 0. The number of methoxy groups -OCH3 is 1. The van der Waals surface area contributed by atoms with Gasteiger partial charge in [0.25, 0.3) is 0 Å². The lowest BCUT2D eigenvalue weighted by atomic mass is 10.1. The number of nitrogens with zero attached hydrogens (tertiary/aromatic N) is 1. The number of pyridine rings is 1. The molecular weight excluding hydrogens is 332 g/mol. The van der Waals surface area contributed by atoms with Crippen molar-refractivity contribution in [2.45, 2.75) is 25.7 Å². The first-order valence-corrected chi connectivity index (χ1v) is 8.35. The minimum Gasteiger partial charge on any atom is -0.744 e. The van der Waals surface area contributed by atoms with Gasteiger partial charge < -0.3 is 9.29 Å². The topological polar surface area (TPSA) is 113 Å². The van der Waals surface area contributed by atoms with Crippen molar-refractivity contribution in [3.8, 4) is 0 Å². The number of esters is 1. The van der Waals surface area contributed by atoms with Crippen molar-refractivity contribution in [2.75, 3.05) is 13.0 Å². The number of carbonyl (C=O) groups excluding carboxylic acids is 1. The highest BCUT2D eigenvalue weighted by Gasteiger charge is 2.09. The van der Waals surface area contributed by atoms with Crippen LogP contribution in [0.5, 0.6) is 0 Å². The Labute approximate surface area is 141 Å². The predicted octanol–water partition coefficient (Wildman–Crippen LogP) is 0.990. The van der Waals surface area contributed by atoms with Crippen molar-refractivity contribution < 1.29 is 27.2 Å². The minimum atomic E-state index is -4.33. The number of benzene rings is 1. The molecule has 7 nitrogen and oxygen atoms in total. The second-order valence-electron chi connectivity index (χ2n) is 5.21. The van der Waals surface area contributed by atoms with E-state index >= 15 is 0 Å². The van der Waals surface area contributed by atoms with Gasteiger partial charge >= 0.3 is 5.97 Å². The highest BCUT2D eigenvalue weighted by Crippen LogP contribution is 2.20. The van der Waals surface area contributed by atoms with E-state index in [-0.39, 0.29) is 10.9 Å². The van der Waals surface area contributed by atoms with Crippen LogP contribution < -0.4 is 10.5 Å². The molecule has 2 N–H and O–H groups in total. The summed E-state index contributed by atoms with van der Waals surface area (Å²) in [5.74, 6) is 4.98. The maximum absolute atomic E-state index is 10.9. The molecule has 8 heteroatoms. The molecule has 0 fully saturated rings. The largest absolute Gasteiger partial charge is 0.744 e. The molecule has 0 spiro atoms. The molecule has 0 aliphatic heterocycles. The van der Waals surface area contributed by atoms with E-state index in [1.165, 1.54) is 18.0 Å². The Hall–Kier alpha value is -2.45. The fourth-order valence-corrected chi connectivity index (χ4v) is 3.20. The van der Waals surface area contributed by atoms with Crippen molar-refractivity contribution in [1.82, 2.24) is 0 Å². The fraction of sp³-hybridized carbons (Fsp3) is 0.250. The van der Waals surface area contributed by atoms with Crippen LogP contribution in [0.1, 0.15) is 27.0 Å². The molecule has 0 unspecified atom stereocenters. The van der Waals surface area contributed by atoms with E-state index in [1.54, 1.807) is 44.3 Å². The van der Waals surface area contributed by atoms with Crippen molar-refractivity contribution in [2.24, 2.45) is 0 Å². The van der Waals surface area contributed by atoms with Gasteiger partial charge in [0.05, 0.1) is 12.0 Å². The summed E-state index contributed by atoms with van der Waals surface area (Å²) in [6, 6.07) is 6.69. The van der Waals surface area contributed by atoms with E-state index in [0.717, 1.165) is 5.56 Å². The van der Waals surface area contributed by atoms with E-state index in [2.05, 4.69) is 4.74 Å². The van der Waals surface area contributed by atoms with Gasteiger partial charge in [-0.2, -0.15) is 0 Å². The van der Waals surface area contributed by atoms with Crippen LogP contribution in [0.25, 0.3) is 0 Å². The lowest BCUT2D eigenvalue weighted by Gasteiger charge is -2.14. The molecule has 24 heavy (non-hydrogen) atoms. The normalized spacial score (nSPS) is 10.5. The SMILES string of the molecule is COC(=O)c1ccc[n+](N)c1.Cc1cc(C)c(S(=O)(=O)[O-])c(C)c1. The van der Waals surface area contributed by atoms with Gasteiger partial charge in [-0.1, -0.05) is 22.4 Å². The third kappa shape index (κ3) is 5.32. The van der Waals surface area contributed by atoms with Crippen molar-refractivity contribution in [3.05, 3.63) is 58.9 Å². The molecule has 0 aliphatic carbocycles. The zero-order chi connectivity index (χ0) is 18.5. The third-order valence-electron chi connectivity index (χ3n) is 3.10. The smallest absolute Gasteiger partial charge is 0.344 e. The number of hydrogen-bond donors (Lipinski definition) is 1. The number of aryl methyl sites for hydroxylation is 3. The zero-order valence-electron chi connectivity index (χ0n) is 13.9. The highest BCUT2D eigenvalue weighted by molar-refractivity contribution is 7.85. The number of rotatable bonds is 2. The summed E-state index contributed by atoms with van der Waals surface area (Å²) >= 11 is 0. The zero-order valence-corrected chi connectivity index (χ0v) is 14.8. The Bertz CT molecular complexity index is 824. The number of ether oxygens (including phenoxy) is 1. The number of hydrogen-bond acceptors (Lipinski definition) is 6. The summed E-state index contributed by atoms with van der Waals surface area (Å²) < 4.78 is 38.3. The Balaban J connectivity index is 0.000000243. The molecule has 0 saturated heterocycles. The summed E-state index contributed by atoms with van der Waals surface area (Å²) in [5.41, 5.74) is 2.44. The molecule has 2 aromatic rings. The molecule has 1 aromatic heterocycles. The predicted molar refractivity (Wildman–Crippen MR) is 86.7 cm³/mol. The van der Waals surface area contributed by atoms with Gasteiger partial charge in [0.1, 0.15) is 15.7 Å². The highest BCUT2D eigenvalue weighted by atomic mass is 32.2. The maximum Gasteiger partial charge on any atom is 0.344 e. The average molecular weight is 352 g/mol. The Morgan fingerprint density at radius 2 is 1.75 bits per heavy atom. The van der Waals surface area contributed by atoms with Gasteiger partial charge in [0, 0.05) is 6.07 Å². The quantitative estimate of drug-likeness (QED) is 0.373. The first-order valence-electron chi connectivity index (χ1n) is 6.94. The third-order valence-corrected chi connectivity index (χ3v) is 4.24. The number of nitrogens with two attached hydrogens (primary N) is 1.